The van der Waals surface area contributed by atoms with Crippen LogP contribution in [-0.4, -0.2) is 20.4 Å². The van der Waals surface area contributed by atoms with Crippen molar-refractivity contribution in [1.82, 2.24) is 14.5 Å². The molecule has 1 amide bonds. The van der Waals surface area contributed by atoms with Crippen molar-refractivity contribution in [3.63, 3.8) is 0 Å². The molecule has 0 saturated carbocycles. The number of rotatable bonds is 5. The Morgan fingerprint density at radius 2 is 1.96 bits per heavy atom. The van der Waals surface area contributed by atoms with Crippen molar-refractivity contribution in [3.05, 3.63) is 72.4 Å². The van der Waals surface area contributed by atoms with Crippen LogP contribution in [0.25, 0.3) is 5.82 Å². The van der Waals surface area contributed by atoms with Crippen LogP contribution in [0.2, 0.25) is 0 Å². The molecule has 0 unspecified atom stereocenters. The number of hydrogen-bond acceptors (Lipinski definition) is 3. The fraction of sp³-hybridized carbons (Fsp3) is 0.167. The van der Waals surface area contributed by atoms with Gasteiger partial charge in [0.05, 0.1) is 11.9 Å². The summed E-state index contributed by atoms with van der Waals surface area (Å²) in [6, 6.07) is 13.7. The highest BCUT2D eigenvalue weighted by Gasteiger charge is 2.05. The molecule has 0 radical (unpaired) electrons. The van der Waals surface area contributed by atoms with Crippen molar-refractivity contribution in [2.24, 2.45) is 0 Å². The van der Waals surface area contributed by atoms with Gasteiger partial charge >= 0.3 is 0 Å². The Kier molecular flexibility index (Phi) is 4.47. The van der Waals surface area contributed by atoms with Crippen LogP contribution in [0.4, 0.5) is 5.69 Å². The number of amides is 1. The first-order valence-electron chi connectivity index (χ1n) is 7.52. The van der Waals surface area contributed by atoms with Crippen molar-refractivity contribution in [2.45, 2.75) is 19.8 Å². The first-order chi connectivity index (χ1) is 11.2. The minimum absolute atomic E-state index is 0.0118. The topological polar surface area (TPSA) is 59.8 Å². The van der Waals surface area contributed by atoms with E-state index >= 15 is 0 Å². The zero-order valence-electron chi connectivity index (χ0n) is 12.9. The summed E-state index contributed by atoms with van der Waals surface area (Å²) in [4.78, 5) is 20.5. The largest absolute Gasteiger partial charge is 0.325 e. The summed E-state index contributed by atoms with van der Waals surface area (Å²) in [5.41, 5.74) is 1.86. The summed E-state index contributed by atoms with van der Waals surface area (Å²) in [6.45, 7) is 1.92. The third-order valence-corrected chi connectivity index (χ3v) is 3.59. The summed E-state index contributed by atoms with van der Waals surface area (Å²) >= 11 is 0. The Morgan fingerprint density at radius 3 is 2.61 bits per heavy atom. The Morgan fingerprint density at radius 1 is 1.13 bits per heavy atom. The van der Waals surface area contributed by atoms with E-state index in [1.165, 1.54) is 0 Å². The lowest BCUT2D eigenvalue weighted by molar-refractivity contribution is -0.116. The van der Waals surface area contributed by atoms with E-state index in [0.29, 0.717) is 12.1 Å². The van der Waals surface area contributed by atoms with Gasteiger partial charge in [0.25, 0.3) is 0 Å². The van der Waals surface area contributed by atoms with E-state index in [1.54, 1.807) is 12.4 Å². The zero-order valence-corrected chi connectivity index (χ0v) is 12.9. The molecule has 2 aromatic heterocycles. The average Bonchev–Trinajstić information content (AvgIpc) is 3.01. The van der Waals surface area contributed by atoms with Crippen LogP contribution in [0.3, 0.4) is 0 Å². The number of nitrogens with one attached hydrogen (secondary N) is 1. The highest BCUT2D eigenvalue weighted by molar-refractivity contribution is 5.90. The molecule has 5 heteroatoms. The van der Waals surface area contributed by atoms with Crippen LogP contribution in [0.1, 0.15) is 17.8 Å². The minimum atomic E-state index is -0.0118. The van der Waals surface area contributed by atoms with Crippen LogP contribution in [-0.2, 0) is 11.2 Å². The molecule has 3 aromatic rings. The van der Waals surface area contributed by atoms with Crippen LogP contribution in [0.15, 0.2) is 61.1 Å². The molecule has 0 bridgehead atoms. The standard InChI is InChI=1S/C18H18N4O/c1-14-19-11-12-22(14)17-9-8-16(13-20-17)21-18(23)10-7-15-5-3-2-4-6-15/h2-6,8-9,11-13H,7,10H2,1H3,(H,21,23). The van der Waals surface area contributed by atoms with Gasteiger partial charge in [-0.05, 0) is 31.0 Å². The van der Waals surface area contributed by atoms with Gasteiger partial charge in [-0.25, -0.2) is 9.97 Å². The Labute approximate surface area is 135 Å². The van der Waals surface area contributed by atoms with Gasteiger partial charge in [0.2, 0.25) is 5.91 Å². The van der Waals surface area contributed by atoms with Gasteiger partial charge in [-0.3, -0.25) is 9.36 Å². The summed E-state index contributed by atoms with van der Waals surface area (Å²) in [7, 11) is 0. The smallest absolute Gasteiger partial charge is 0.224 e. The van der Waals surface area contributed by atoms with Crippen LogP contribution < -0.4 is 5.32 Å². The number of anilines is 1. The SMILES string of the molecule is Cc1nccn1-c1ccc(NC(=O)CCc2ccccc2)cn1. The summed E-state index contributed by atoms with van der Waals surface area (Å²) in [5.74, 6) is 1.64. The third kappa shape index (κ3) is 3.83. The molecule has 0 atom stereocenters. The molecule has 2 heterocycles. The number of pyridine rings is 1. The van der Waals surface area contributed by atoms with Crippen molar-refractivity contribution < 1.29 is 4.79 Å². The van der Waals surface area contributed by atoms with Gasteiger partial charge < -0.3 is 5.32 Å². The predicted molar refractivity (Wildman–Crippen MR) is 89.5 cm³/mol. The van der Waals surface area contributed by atoms with E-state index in [9.17, 15) is 4.79 Å². The van der Waals surface area contributed by atoms with Gasteiger partial charge in [0.1, 0.15) is 11.6 Å². The zero-order chi connectivity index (χ0) is 16.1. The fourth-order valence-electron chi connectivity index (χ4n) is 2.35. The molecule has 3 rings (SSSR count). The lowest BCUT2D eigenvalue weighted by Gasteiger charge is -2.07. The molecule has 1 N–H and O–H groups in total. The third-order valence-electron chi connectivity index (χ3n) is 3.59. The molecule has 23 heavy (non-hydrogen) atoms. The molecular formula is C18H18N4O. The van der Waals surface area contributed by atoms with Gasteiger partial charge in [-0.1, -0.05) is 30.3 Å². The van der Waals surface area contributed by atoms with Crippen molar-refractivity contribution in [1.29, 1.82) is 0 Å². The molecular weight excluding hydrogens is 288 g/mol. The Bertz CT molecular complexity index is 778. The number of benzene rings is 1. The molecule has 116 valence electrons. The quantitative estimate of drug-likeness (QED) is 0.787. The highest BCUT2D eigenvalue weighted by Crippen LogP contribution is 2.12. The average molecular weight is 306 g/mol. The number of carbonyl (C=O) groups excluding carboxylic acids is 1. The molecule has 0 fully saturated rings. The van der Waals surface area contributed by atoms with E-state index in [2.05, 4.69) is 15.3 Å². The molecule has 0 aliphatic rings. The van der Waals surface area contributed by atoms with Gasteiger partial charge in [0.15, 0.2) is 0 Å². The molecule has 5 nitrogen and oxygen atoms in total. The van der Waals surface area contributed by atoms with E-state index in [4.69, 9.17) is 0 Å². The second-order valence-electron chi connectivity index (χ2n) is 5.28. The molecule has 0 spiro atoms. The van der Waals surface area contributed by atoms with Crippen LogP contribution >= 0.6 is 0 Å². The monoisotopic (exact) mass is 306 g/mol. The Hall–Kier alpha value is -2.95. The maximum Gasteiger partial charge on any atom is 0.224 e. The van der Waals surface area contributed by atoms with Gasteiger partial charge in [-0.2, -0.15) is 0 Å². The number of nitrogens with zero attached hydrogens (tertiary/aromatic N) is 3. The van der Waals surface area contributed by atoms with E-state index in [0.717, 1.165) is 23.6 Å². The van der Waals surface area contributed by atoms with Crippen molar-refractivity contribution in [3.8, 4) is 5.82 Å². The van der Waals surface area contributed by atoms with Crippen molar-refractivity contribution in [2.75, 3.05) is 5.32 Å². The maximum absolute atomic E-state index is 12.0. The predicted octanol–water partition coefficient (Wildman–Crippen LogP) is 3.15. The highest BCUT2D eigenvalue weighted by atomic mass is 16.1. The van der Waals surface area contributed by atoms with E-state index < -0.39 is 0 Å². The van der Waals surface area contributed by atoms with E-state index in [-0.39, 0.29) is 5.91 Å². The lowest BCUT2D eigenvalue weighted by atomic mass is 10.1. The second-order valence-corrected chi connectivity index (χ2v) is 5.28. The molecule has 1 aromatic carbocycles. The molecule has 0 saturated heterocycles. The fourth-order valence-corrected chi connectivity index (χ4v) is 2.35. The maximum atomic E-state index is 12.0. The lowest BCUT2D eigenvalue weighted by Crippen LogP contribution is -2.12. The van der Waals surface area contributed by atoms with Crippen LogP contribution in [0.5, 0.6) is 0 Å². The summed E-state index contributed by atoms with van der Waals surface area (Å²) in [5, 5.41) is 2.87. The molecule has 0 aliphatic carbocycles. The normalized spacial score (nSPS) is 10.5. The first kappa shape index (κ1) is 15.0. The van der Waals surface area contributed by atoms with Crippen LogP contribution in [0, 0.1) is 6.92 Å². The number of hydrogen-bond donors (Lipinski definition) is 1. The first-order valence-corrected chi connectivity index (χ1v) is 7.52. The Balaban J connectivity index is 1.58. The van der Waals surface area contributed by atoms with E-state index in [1.807, 2.05) is 60.2 Å². The van der Waals surface area contributed by atoms with Crippen molar-refractivity contribution >= 4 is 11.6 Å². The number of aromatic nitrogens is 3. The minimum Gasteiger partial charge on any atom is -0.325 e. The summed E-state index contributed by atoms with van der Waals surface area (Å²) in [6.07, 6.45) is 6.43. The molecule has 0 aliphatic heterocycles. The number of carbonyl (C=O) groups is 1. The second kappa shape index (κ2) is 6.87. The number of aryl methyl sites for hydroxylation is 2. The number of imidazole rings is 1. The van der Waals surface area contributed by atoms with Gasteiger partial charge in [0, 0.05) is 18.8 Å². The van der Waals surface area contributed by atoms with Gasteiger partial charge in [-0.15, -0.1) is 0 Å². The summed E-state index contributed by atoms with van der Waals surface area (Å²) < 4.78 is 1.89.